The molecule has 4 aromatic rings. The molecule has 4 N–H and O–H groups in total. The molecular formula is C17H14N4O2. The van der Waals surface area contributed by atoms with Gasteiger partial charge >= 0.3 is 5.69 Å². The van der Waals surface area contributed by atoms with Gasteiger partial charge in [-0.05, 0) is 29.8 Å². The fourth-order valence-corrected chi connectivity index (χ4v) is 2.77. The van der Waals surface area contributed by atoms with Crippen LogP contribution >= 0.6 is 0 Å². The summed E-state index contributed by atoms with van der Waals surface area (Å²) >= 11 is 0. The second-order valence-electron chi connectivity index (χ2n) is 5.42. The number of imidazole rings is 1. The zero-order valence-corrected chi connectivity index (χ0v) is 12.1. The van der Waals surface area contributed by atoms with Crippen molar-refractivity contribution in [2.45, 2.75) is 6.42 Å². The Labute approximate surface area is 130 Å². The molecule has 23 heavy (non-hydrogen) atoms. The number of hydrogen-bond donors (Lipinski definition) is 4. The number of para-hydroxylation sites is 1. The number of amides is 1. The first-order valence-corrected chi connectivity index (χ1v) is 7.26. The van der Waals surface area contributed by atoms with Crippen LogP contribution in [-0.2, 0) is 11.2 Å². The summed E-state index contributed by atoms with van der Waals surface area (Å²) in [5, 5.41) is 3.91. The van der Waals surface area contributed by atoms with Crippen LogP contribution in [0.5, 0.6) is 0 Å². The highest BCUT2D eigenvalue weighted by molar-refractivity contribution is 5.97. The summed E-state index contributed by atoms with van der Waals surface area (Å²) in [7, 11) is 0. The van der Waals surface area contributed by atoms with Gasteiger partial charge in [-0.3, -0.25) is 4.79 Å². The van der Waals surface area contributed by atoms with E-state index in [4.69, 9.17) is 0 Å². The molecule has 2 heterocycles. The van der Waals surface area contributed by atoms with E-state index in [0.29, 0.717) is 16.7 Å². The Kier molecular flexibility index (Phi) is 3.01. The molecule has 0 aliphatic rings. The minimum absolute atomic E-state index is 0.105. The molecule has 0 atom stereocenters. The maximum atomic E-state index is 12.3. The smallest absolute Gasteiger partial charge is 0.323 e. The molecule has 0 aliphatic carbocycles. The highest BCUT2D eigenvalue weighted by Crippen LogP contribution is 2.19. The molecule has 0 spiro atoms. The van der Waals surface area contributed by atoms with Crippen LogP contribution in [0.15, 0.2) is 53.5 Å². The van der Waals surface area contributed by atoms with E-state index in [0.717, 1.165) is 16.5 Å². The van der Waals surface area contributed by atoms with Gasteiger partial charge < -0.3 is 20.3 Å². The molecule has 0 saturated carbocycles. The zero-order chi connectivity index (χ0) is 15.8. The molecule has 2 aromatic carbocycles. The van der Waals surface area contributed by atoms with E-state index in [1.165, 1.54) is 0 Å². The van der Waals surface area contributed by atoms with E-state index < -0.39 is 0 Å². The van der Waals surface area contributed by atoms with Gasteiger partial charge in [-0.1, -0.05) is 18.2 Å². The Balaban J connectivity index is 1.55. The minimum Gasteiger partial charge on any atom is -0.361 e. The Morgan fingerprint density at radius 3 is 2.74 bits per heavy atom. The minimum atomic E-state index is -0.262. The lowest BCUT2D eigenvalue weighted by atomic mass is 10.1. The van der Waals surface area contributed by atoms with Crippen LogP contribution in [0.3, 0.4) is 0 Å². The van der Waals surface area contributed by atoms with Crippen LogP contribution in [0.4, 0.5) is 5.69 Å². The molecule has 1 amide bonds. The molecule has 4 rings (SSSR count). The normalized spacial score (nSPS) is 11.1. The molecule has 0 radical (unpaired) electrons. The van der Waals surface area contributed by atoms with Crippen LogP contribution in [-0.4, -0.2) is 20.9 Å². The Morgan fingerprint density at radius 1 is 1.00 bits per heavy atom. The Hall–Kier alpha value is -3.28. The van der Waals surface area contributed by atoms with Crippen molar-refractivity contribution in [1.82, 2.24) is 15.0 Å². The van der Waals surface area contributed by atoms with Crippen molar-refractivity contribution in [1.29, 1.82) is 0 Å². The second kappa shape index (κ2) is 5.17. The van der Waals surface area contributed by atoms with Crippen molar-refractivity contribution in [3.63, 3.8) is 0 Å². The van der Waals surface area contributed by atoms with E-state index in [9.17, 15) is 9.59 Å². The SMILES string of the molecule is O=C(Cc1c[nH]c2ccccc12)Nc1ccc2[nH]c(=O)[nH]c2c1. The Morgan fingerprint density at radius 2 is 1.83 bits per heavy atom. The predicted molar refractivity (Wildman–Crippen MR) is 89.6 cm³/mol. The number of benzene rings is 2. The van der Waals surface area contributed by atoms with Crippen molar-refractivity contribution in [2.75, 3.05) is 5.32 Å². The summed E-state index contributed by atoms with van der Waals surface area (Å²) in [5.74, 6) is -0.105. The molecule has 0 aliphatic heterocycles. The molecule has 6 heteroatoms. The third-order valence-electron chi connectivity index (χ3n) is 3.83. The van der Waals surface area contributed by atoms with Crippen LogP contribution in [0.25, 0.3) is 21.9 Å². The monoisotopic (exact) mass is 306 g/mol. The molecule has 0 saturated heterocycles. The first-order chi connectivity index (χ1) is 11.2. The van der Waals surface area contributed by atoms with Crippen molar-refractivity contribution in [3.8, 4) is 0 Å². The summed E-state index contributed by atoms with van der Waals surface area (Å²) in [4.78, 5) is 32.0. The lowest BCUT2D eigenvalue weighted by Gasteiger charge is -2.05. The van der Waals surface area contributed by atoms with Crippen molar-refractivity contribution < 1.29 is 4.79 Å². The number of anilines is 1. The molecule has 6 nitrogen and oxygen atoms in total. The third kappa shape index (κ3) is 2.50. The van der Waals surface area contributed by atoms with Gasteiger partial charge in [0.05, 0.1) is 17.5 Å². The quantitative estimate of drug-likeness (QED) is 0.468. The van der Waals surface area contributed by atoms with Crippen LogP contribution in [0.1, 0.15) is 5.56 Å². The maximum Gasteiger partial charge on any atom is 0.323 e. The van der Waals surface area contributed by atoms with Crippen molar-refractivity contribution in [2.24, 2.45) is 0 Å². The highest BCUT2D eigenvalue weighted by Gasteiger charge is 2.09. The molecule has 114 valence electrons. The third-order valence-corrected chi connectivity index (χ3v) is 3.83. The number of H-pyrrole nitrogens is 3. The fourth-order valence-electron chi connectivity index (χ4n) is 2.77. The van der Waals surface area contributed by atoms with E-state index in [1.807, 2.05) is 30.5 Å². The lowest BCUT2D eigenvalue weighted by molar-refractivity contribution is -0.115. The standard InChI is InChI=1S/C17H14N4O2/c22-16(7-10-9-18-13-4-2-1-3-12(10)13)19-11-5-6-14-15(8-11)21-17(23)20-14/h1-6,8-9,18H,7H2,(H,19,22)(H2,20,21,23). The number of aromatic amines is 3. The van der Waals surface area contributed by atoms with Gasteiger partial charge in [-0.2, -0.15) is 0 Å². The summed E-state index contributed by atoms with van der Waals surface area (Å²) in [6.07, 6.45) is 2.14. The number of rotatable bonds is 3. The lowest BCUT2D eigenvalue weighted by Crippen LogP contribution is -2.14. The molecule has 2 aromatic heterocycles. The van der Waals surface area contributed by atoms with Gasteiger partial charge in [0.15, 0.2) is 0 Å². The van der Waals surface area contributed by atoms with E-state index >= 15 is 0 Å². The first-order valence-electron chi connectivity index (χ1n) is 7.26. The van der Waals surface area contributed by atoms with Gasteiger partial charge in [0.1, 0.15) is 0 Å². The number of nitrogens with one attached hydrogen (secondary N) is 4. The highest BCUT2D eigenvalue weighted by atomic mass is 16.1. The van der Waals surface area contributed by atoms with Gasteiger partial charge in [0.2, 0.25) is 5.91 Å². The Bertz CT molecular complexity index is 1070. The zero-order valence-electron chi connectivity index (χ0n) is 12.1. The molecular weight excluding hydrogens is 292 g/mol. The summed E-state index contributed by atoms with van der Waals surface area (Å²) < 4.78 is 0. The number of hydrogen-bond acceptors (Lipinski definition) is 2. The summed E-state index contributed by atoms with van der Waals surface area (Å²) in [6.45, 7) is 0. The van der Waals surface area contributed by atoms with E-state index in [2.05, 4.69) is 20.3 Å². The van der Waals surface area contributed by atoms with Gasteiger partial charge in [0, 0.05) is 22.8 Å². The number of carbonyl (C=O) groups is 1. The second-order valence-corrected chi connectivity index (χ2v) is 5.42. The van der Waals surface area contributed by atoms with Gasteiger partial charge in [0.25, 0.3) is 0 Å². The number of fused-ring (bicyclic) bond motifs is 2. The number of aromatic nitrogens is 3. The van der Waals surface area contributed by atoms with Crippen molar-refractivity contribution in [3.05, 3.63) is 64.7 Å². The largest absolute Gasteiger partial charge is 0.361 e. The predicted octanol–water partition coefficient (Wildman–Crippen LogP) is 2.52. The average molecular weight is 306 g/mol. The van der Waals surface area contributed by atoms with Gasteiger partial charge in [-0.15, -0.1) is 0 Å². The summed E-state index contributed by atoms with van der Waals surface area (Å²) in [6, 6.07) is 13.1. The molecule has 0 bridgehead atoms. The van der Waals surface area contributed by atoms with Crippen molar-refractivity contribution >= 4 is 33.5 Å². The van der Waals surface area contributed by atoms with E-state index in [1.54, 1.807) is 18.2 Å². The van der Waals surface area contributed by atoms with Crippen LogP contribution in [0, 0.1) is 0 Å². The molecule has 0 fully saturated rings. The fraction of sp³-hybridized carbons (Fsp3) is 0.0588. The average Bonchev–Trinajstić information content (AvgIpc) is 3.10. The maximum absolute atomic E-state index is 12.3. The molecule has 0 unspecified atom stereocenters. The first kappa shape index (κ1) is 13.4. The summed E-state index contributed by atoms with van der Waals surface area (Å²) in [5.41, 5.74) is 3.74. The van der Waals surface area contributed by atoms with E-state index in [-0.39, 0.29) is 18.0 Å². The van der Waals surface area contributed by atoms with Crippen LogP contribution in [0.2, 0.25) is 0 Å². The number of carbonyl (C=O) groups excluding carboxylic acids is 1. The van der Waals surface area contributed by atoms with Crippen LogP contribution < -0.4 is 11.0 Å². The topological polar surface area (TPSA) is 93.5 Å². The van der Waals surface area contributed by atoms with Gasteiger partial charge in [-0.25, -0.2) is 4.79 Å².